The van der Waals surface area contributed by atoms with Gasteiger partial charge in [0.1, 0.15) is 6.54 Å². The number of H-pyrrole nitrogens is 1. The van der Waals surface area contributed by atoms with E-state index in [1.54, 1.807) is 13.0 Å². The Morgan fingerprint density at radius 3 is 2.55 bits per heavy atom. The topological polar surface area (TPSA) is 63.6 Å². The zero-order chi connectivity index (χ0) is 16.5. The summed E-state index contributed by atoms with van der Waals surface area (Å²) in [4.78, 5) is 18.7. The van der Waals surface area contributed by atoms with Crippen LogP contribution in [0.25, 0.3) is 11.4 Å². The maximum absolute atomic E-state index is 12.7. The highest BCUT2D eigenvalue weighted by molar-refractivity contribution is 5.53. The molecule has 8 heteroatoms. The number of hydrogen-bond donors (Lipinski definition) is 1. The highest BCUT2D eigenvalue weighted by Crippen LogP contribution is 2.22. The van der Waals surface area contributed by atoms with E-state index >= 15 is 0 Å². The third kappa shape index (κ3) is 3.96. The van der Waals surface area contributed by atoms with Crippen LogP contribution in [0.4, 0.5) is 13.2 Å². The van der Waals surface area contributed by atoms with Gasteiger partial charge in [-0.05, 0) is 25.0 Å². The fourth-order valence-electron chi connectivity index (χ4n) is 2.07. The van der Waals surface area contributed by atoms with Crippen LogP contribution in [0.15, 0.2) is 16.9 Å². The molecule has 0 bridgehead atoms. The normalized spacial score (nSPS) is 12.1. The summed E-state index contributed by atoms with van der Waals surface area (Å²) in [5.74, 6) is 0.439. The van der Waals surface area contributed by atoms with Gasteiger partial charge >= 0.3 is 6.18 Å². The number of pyridine rings is 1. The molecule has 5 nitrogen and oxygen atoms in total. The molecule has 2 aromatic rings. The summed E-state index contributed by atoms with van der Waals surface area (Å²) in [6.07, 6.45) is -3.99. The summed E-state index contributed by atoms with van der Waals surface area (Å²) in [5, 5.41) is 3.91. The molecule has 0 saturated carbocycles. The molecule has 0 aliphatic heterocycles. The van der Waals surface area contributed by atoms with Gasteiger partial charge in [-0.3, -0.25) is 4.79 Å². The van der Waals surface area contributed by atoms with Crippen LogP contribution < -0.4 is 5.56 Å². The van der Waals surface area contributed by atoms with Gasteiger partial charge in [-0.1, -0.05) is 13.8 Å². The summed E-state index contributed by atoms with van der Waals surface area (Å²) in [7, 11) is 0. The molecule has 0 aliphatic carbocycles. The van der Waals surface area contributed by atoms with Crippen LogP contribution in [0.1, 0.15) is 25.4 Å². The van der Waals surface area contributed by atoms with Crippen LogP contribution in [0, 0.1) is 12.8 Å². The van der Waals surface area contributed by atoms with Crippen LogP contribution in [0.3, 0.4) is 0 Å². The van der Waals surface area contributed by atoms with E-state index in [2.05, 4.69) is 15.1 Å². The maximum atomic E-state index is 12.7. The molecule has 0 fully saturated rings. The summed E-state index contributed by atoms with van der Waals surface area (Å²) in [6.45, 7) is 4.25. The molecule has 0 unspecified atom stereocenters. The molecule has 120 valence electrons. The average Bonchev–Trinajstić information content (AvgIpc) is 2.68. The lowest BCUT2D eigenvalue weighted by Crippen LogP contribution is -2.21. The number of hydrogen-bond acceptors (Lipinski definition) is 3. The molecule has 0 aromatic carbocycles. The van der Waals surface area contributed by atoms with Crippen LogP contribution >= 0.6 is 0 Å². The first-order valence-electron chi connectivity index (χ1n) is 6.86. The molecule has 22 heavy (non-hydrogen) atoms. The first-order valence-corrected chi connectivity index (χ1v) is 6.86. The Bertz CT molecular complexity index is 716. The quantitative estimate of drug-likeness (QED) is 0.944. The number of halogens is 3. The van der Waals surface area contributed by atoms with E-state index in [-0.39, 0.29) is 17.3 Å². The number of nitrogens with one attached hydrogen (secondary N) is 1. The van der Waals surface area contributed by atoms with E-state index in [9.17, 15) is 18.0 Å². The first kappa shape index (κ1) is 16.3. The van der Waals surface area contributed by atoms with Gasteiger partial charge < -0.3 is 4.98 Å². The number of alkyl halides is 3. The fraction of sp³-hybridized carbons (Fsp3) is 0.500. The first-order chi connectivity index (χ1) is 10.2. The van der Waals surface area contributed by atoms with E-state index in [0.717, 1.165) is 4.68 Å². The molecule has 0 spiro atoms. The van der Waals surface area contributed by atoms with Crippen LogP contribution in [0.2, 0.25) is 0 Å². The minimum absolute atomic E-state index is 0.0609. The molecule has 0 saturated heterocycles. The largest absolute Gasteiger partial charge is 0.408 e. The van der Waals surface area contributed by atoms with Crippen molar-refractivity contribution in [2.24, 2.45) is 5.92 Å². The molecule has 0 amide bonds. The zero-order valence-electron chi connectivity index (χ0n) is 12.5. The second kappa shape index (κ2) is 5.94. The van der Waals surface area contributed by atoms with Crippen molar-refractivity contribution in [3.63, 3.8) is 0 Å². The van der Waals surface area contributed by atoms with Crippen molar-refractivity contribution in [3.8, 4) is 11.4 Å². The predicted molar refractivity (Wildman–Crippen MR) is 75.4 cm³/mol. The lowest BCUT2D eigenvalue weighted by atomic mass is 10.1. The minimum Gasteiger partial charge on any atom is -0.326 e. The number of rotatable bonds is 4. The van der Waals surface area contributed by atoms with Crippen molar-refractivity contribution >= 4 is 0 Å². The molecule has 0 radical (unpaired) electrons. The summed E-state index contributed by atoms with van der Waals surface area (Å²) >= 11 is 0. The summed E-state index contributed by atoms with van der Waals surface area (Å²) in [5.41, 5.74) is 0.224. The Balaban J connectivity index is 2.52. The van der Waals surface area contributed by atoms with Gasteiger partial charge in [0.2, 0.25) is 0 Å². The highest BCUT2D eigenvalue weighted by Gasteiger charge is 2.31. The minimum atomic E-state index is -4.44. The maximum Gasteiger partial charge on any atom is 0.408 e. The number of aryl methyl sites for hydroxylation is 1. The molecular weight excluding hydrogens is 297 g/mol. The van der Waals surface area contributed by atoms with Gasteiger partial charge in [0.05, 0.1) is 5.56 Å². The molecule has 2 heterocycles. The van der Waals surface area contributed by atoms with Crippen molar-refractivity contribution in [1.29, 1.82) is 0 Å². The standard InChI is InChI=1S/C14H17F3N4O/c1-8(2)6-11-19-12(21(20-11)7-14(15,16)17)10-5-4-9(3)18-13(10)22/h4-5,8H,6-7H2,1-3H3,(H,18,22). The second-order valence-electron chi connectivity index (χ2n) is 5.61. The average molecular weight is 314 g/mol. The number of aromatic nitrogens is 4. The molecule has 1 N–H and O–H groups in total. The van der Waals surface area contributed by atoms with Gasteiger partial charge in [-0.25, -0.2) is 9.67 Å². The molecular formula is C14H17F3N4O. The fourth-order valence-corrected chi connectivity index (χ4v) is 2.07. The SMILES string of the molecule is Cc1ccc(-c2nc(CC(C)C)nn2CC(F)(F)F)c(=O)[nH]1. The Morgan fingerprint density at radius 2 is 2.00 bits per heavy atom. The van der Waals surface area contributed by atoms with E-state index in [4.69, 9.17) is 0 Å². The van der Waals surface area contributed by atoms with Crippen molar-refractivity contribution < 1.29 is 13.2 Å². The highest BCUT2D eigenvalue weighted by atomic mass is 19.4. The van der Waals surface area contributed by atoms with Gasteiger partial charge in [-0.2, -0.15) is 18.3 Å². The van der Waals surface area contributed by atoms with E-state index in [1.807, 2.05) is 13.8 Å². The Kier molecular flexibility index (Phi) is 4.39. The Hall–Kier alpha value is -2.12. The van der Waals surface area contributed by atoms with Crippen LogP contribution in [-0.4, -0.2) is 25.9 Å². The monoisotopic (exact) mass is 314 g/mol. The molecule has 0 atom stereocenters. The van der Waals surface area contributed by atoms with E-state index in [0.29, 0.717) is 17.9 Å². The number of aromatic amines is 1. The molecule has 2 aromatic heterocycles. The van der Waals surface area contributed by atoms with Crippen LogP contribution in [-0.2, 0) is 13.0 Å². The van der Waals surface area contributed by atoms with Crippen LogP contribution in [0.5, 0.6) is 0 Å². The smallest absolute Gasteiger partial charge is 0.326 e. The third-order valence-corrected chi connectivity index (χ3v) is 2.93. The molecule has 0 aliphatic rings. The second-order valence-corrected chi connectivity index (χ2v) is 5.61. The zero-order valence-corrected chi connectivity index (χ0v) is 12.5. The van der Waals surface area contributed by atoms with Gasteiger partial charge in [0.15, 0.2) is 11.6 Å². The van der Waals surface area contributed by atoms with Gasteiger partial charge in [0, 0.05) is 12.1 Å². The third-order valence-electron chi connectivity index (χ3n) is 2.93. The predicted octanol–water partition coefficient (Wildman–Crippen LogP) is 2.70. The van der Waals surface area contributed by atoms with Crippen molar-refractivity contribution in [2.45, 2.75) is 39.9 Å². The van der Waals surface area contributed by atoms with Crippen molar-refractivity contribution in [2.75, 3.05) is 0 Å². The van der Waals surface area contributed by atoms with E-state index in [1.165, 1.54) is 6.07 Å². The Labute approximate surface area is 125 Å². The van der Waals surface area contributed by atoms with Crippen molar-refractivity contribution in [3.05, 3.63) is 34.0 Å². The lowest BCUT2D eigenvalue weighted by Gasteiger charge is -2.08. The lowest BCUT2D eigenvalue weighted by molar-refractivity contribution is -0.142. The number of nitrogens with zero attached hydrogens (tertiary/aromatic N) is 3. The van der Waals surface area contributed by atoms with Gasteiger partial charge in [-0.15, -0.1) is 0 Å². The van der Waals surface area contributed by atoms with Gasteiger partial charge in [0.25, 0.3) is 5.56 Å². The van der Waals surface area contributed by atoms with Crippen molar-refractivity contribution in [1.82, 2.24) is 19.7 Å². The Morgan fingerprint density at radius 1 is 1.32 bits per heavy atom. The summed E-state index contributed by atoms with van der Waals surface area (Å²) in [6, 6.07) is 3.08. The van der Waals surface area contributed by atoms with E-state index < -0.39 is 18.3 Å². The summed E-state index contributed by atoms with van der Waals surface area (Å²) < 4.78 is 38.8. The molecule has 2 rings (SSSR count).